The Morgan fingerprint density at radius 1 is 1.09 bits per heavy atom. The molecule has 1 aromatic rings. The third kappa shape index (κ3) is 7.99. The molecule has 6 heteroatoms. The molecule has 0 aliphatic rings. The van der Waals surface area contributed by atoms with Crippen molar-refractivity contribution < 1.29 is 14.4 Å². The second-order valence-corrected chi connectivity index (χ2v) is 6.51. The predicted octanol–water partition coefficient (Wildman–Crippen LogP) is 0.894. The van der Waals surface area contributed by atoms with Gasteiger partial charge in [-0.3, -0.25) is 14.4 Å². The standard InChI is InChI=1S/C17H25N3O3/c1-17(2,3)20-15(22)11-13(16(18)23)19-14(21)10-9-12-7-5-4-6-8-12/h4-8,13H,9-11H2,1-3H3,(H2,18,23)(H,19,21)(H,20,22)/t13-/m0/s1. The number of rotatable bonds is 7. The van der Waals surface area contributed by atoms with Crippen molar-refractivity contribution in [2.75, 3.05) is 0 Å². The molecule has 1 rings (SSSR count). The Bertz CT molecular complexity index is 550. The van der Waals surface area contributed by atoms with Crippen LogP contribution in [0.5, 0.6) is 0 Å². The van der Waals surface area contributed by atoms with E-state index in [1.807, 2.05) is 51.1 Å². The van der Waals surface area contributed by atoms with E-state index in [4.69, 9.17) is 5.73 Å². The fourth-order valence-electron chi connectivity index (χ4n) is 2.05. The topological polar surface area (TPSA) is 101 Å². The lowest BCUT2D eigenvalue weighted by Crippen LogP contribution is -2.49. The minimum absolute atomic E-state index is 0.163. The fraction of sp³-hybridized carbons (Fsp3) is 0.471. The van der Waals surface area contributed by atoms with Gasteiger partial charge >= 0.3 is 0 Å². The molecular weight excluding hydrogens is 294 g/mol. The minimum atomic E-state index is -0.999. The van der Waals surface area contributed by atoms with Crippen molar-refractivity contribution in [3.8, 4) is 0 Å². The van der Waals surface area contributed by atoms with Crippen LogP contribution in [0.2, 0.25) is 0 Å². The molecule has 126 valence electrons. The van der Waals surface area contributed by atoms with E-state index in [-0.39, 0.29) is 24.7 Å². The normalized spacial score (nSPS) is 12.3. The van der Waals surface area contributed by atoms with Crippen molar-refractivity contribution in [2.45, 2.75) is 51.6 Å². The van der Waals surface area contributed by atoms with Crippen molar-refractivity contribution in [1.29, 1.82) is 0 Å². The van der Waals surface area contributed by atoms with Gasteiger partial charge in [-0.2, -0.15) is 0 Å². The summed E-state index contributed by atoms with van der Waals surface area (Å²) in [5.74, 6) is -1.35. The fourth-order valence-corrected chi connectivity index (χ4v) is 2.05. The van der Waals surface area contributed by atoms with E-state index in [1.54, 1.807) is 0 Å². The van der Waals surface area contributed by atoms with Crippen molar-refractivity contribution in [1.82, 2.24) is 10.6 Å². The Hall–Kier alpha value is -2.37. The number of carbonyl (C=O) groups excluding carboxylic acids is 3. The van der Waals surface area contributed by atoms with Crippen molar-refractivity contribution in [3.63, 3.8) is 0 Å². The molecule has 4 N–H and O–H groups in total. The number of primary amides is 1. The van der Waals surface area contributed by atoms with Gasteiger partial charge in [-0.1, -0.05) is 30.3 Å². The Morgan fingerprint density at radius 3 is 2.22 bits per heavy atom. The first-order valence-electron chi connectivity index (χ1n) is 7.61. The Balaban J connectivity index is 2.50. The average molecular weight is 319 g/mol. The van der Waals surface area contributed by atoms with Crippen LogP contribution < -0.4 is 16.4 Å². The molecule has 6 nitrogen and oxygen atoms in total. The molecule has 0 bridgehead atoms. The van der Waals surface area contributed by atoms with Crippen LogP contribution in [0.25, 0.3) is 0 Å². The van der Waals surface area contributed by atoms with Crippen LogP contribution >= 0.6 is 0 Å². The number of amides is 3. The van der Waals surface area contributed by atoms with Crippen LogP contribution in [0.15, 0.2) is 30.3 Å². The Morgan fingerprint density at radius 2 is 1.70 bits per heavy atom. The van der Waals surface area contributed by atoms with E-state index in [0.717, 1.165) is 5.56 Å². The molecule has 0 fully saturated rings. The highest BCUT2D eigenvalue weighted by molar-refractivity contribution is 5.91. The summed E-state index contributed by atoms with van der Waals surface area (Å²) in [5, 5.41) is 5.27. The number of benzene rings is 1. The molecule has 0 spiro atoms. The van der Waals surface area contributed by atoms with Crippen LogP contribution in [-0.2, 0) is 20.8 Å². The first kappa shape index (κ1) is 18.7. The number of aryl methyl sites for hydroxylation is 1. The summed E-state index contributed by atoms with van der Waals surface area (Å²) < 4.78 is 0. The number of hydrogen-bond donors (Lipinski definition) is 3. The summed E-state index contributed by atoms with van der Waals surface area (Å²) in [7, 11) is 0. The Kier molecular flexibility index (Phi) is 6.75. The minimum Gasteiger partial charge on any atom is -0.368 e. The van der Waals surface area contributed by atoms with Gasteiger partial charge in [0.2, 0.25) is 17.7 Å². The van der Waals surface area contributed by atoms with E-state index < -0.39 is 17.5 Å². The quantitative estimate of drug-likeness (QED) is 0.695. The third-order valence-electron chi connectivity index (χ3n) is 3.07. The summed E-state index contributed by atoms with van der Waals surface area (Å²) in [6.45, 7) is 5.51. The SMILES string of the molecule is CC(C)(C)NC(=O)C[C@H](NC(=O)CCc1ccccc1)C(N)=O. The maximum Gasteiger partial charge on any atom is 0.240 e. The van der Waals surface area contributed by atoms with Crippen LogP contribution in [0, 0.1) is 0 Å². The van der Waals surface area contributed by atoms with E-state index in [9.17, 15) is 14.4 Å². The van der Waals surface area contributed by atoms with Gasteiger partial charge < -0.3 is 16.4 Å². The van der Waals surface area contributed by atoms with E-state index in [1.165, 1.54) is 0 Å². The molecule has 0 radical (unpaired) electrons. The summed E-state index contributed by atoms with van der Waals surface area (Å²) in [6, 6.07) is 8.55. The zero-order valence-corrected chi connectivity index (χ0v) is 13.9. The molecule has 1 atom stereocenters. The first-order valence-corrected chi connectivity index (χ1v) is 7.61. The lowest BCUT2D eigenvalue weighted by Gasteiger charge is -2.22. The predicted molar refractivity (Wildman–Crippen MR) is 88.4 cm³/mol. The lowest BCUT2D eigenvalue weighted by molar-refractivity contribution is -0.130. The summed E-state index contributed by atoms with van der Waals surface area (Å²) in [4.78, 5) is 35.2. The summed E-state index contributed by atoms with van der Waals surface area (Å²) >= 11 is 0. The van der Waals surface area contributed by atoms with Crippen molar-refractivity contribution in [2.24, 2.45) is 5.73 Å². The lowest BCUT2D eigenvalue weighted by atomic mass is 10.1. The molecule has 0 aliphatic carbocycles. The van der Waals surface area contributed by atoms with Crippen molar-refractivity contribution in [3.05, 3.63) is 35.9 Å². The van der Waals surface area contributed by atoms with Crippen LogP contribution in [0.1, 0.15) is 39.2 Å². The highest BCUT2D eigenvalue weighted by Crippen LogP contribution is 2.04. The highest BCUT2D eigenvalue weighted by atomic mass is 16.2. The zero-order valence-electron chi connectivity index (χ0n) is 13.9. The summed E-state index contributed by atoms with van der Waals surface area (Å²) in [5.41, 5.74) is 5.90. The molecule has 0 unspecified atom stereocenters. The van der Waals surface area contributed by atoms with Crippen LogP contribution in [0.3, 0.4) is 0 Å². The van der Waals surface area contributed by atoms with Gasteiger partial charge in [-0.05, 0) is 32.8 Å². The van der Waals surface area contributed by atoms with Crippen LogP contribution in [-0.4, -0.2) is 29.3 Å². The zero-order chi connectivity index (χ0) is 17.5. The number of nitrogens with two attached hydrogens (primary N) is 1. The molecular formula is C17H25N3O3. The first-order chi connectivity index (χ1) is 10.7. The third-order valence-corrected chi connectivity index (χ3v) is 3.07. The average Bonchev–Trinajstić information content (AvgIpc) is 2.43. The van der Waals surface area contributed by atoms with Gasteiger partial charge in [0.25, 0.3) is 0 Å². The Labute approximate surface area is 136 Å². The van der Waals surface area contributed by atoms with E-state index in [2.05, 4.69) is 10.6 Å². The summed E-state index contributed by atoms with van der Waals surface area (Å²) in [6.07, 6.45) is 0.630. The number of nitrogens with one attached hydrogen (secondary N) is 2. The van der Waals surface area contributed by atoms with E-state index in [0.29, 0.717) is 6.42 Å². The van der Waals surface area contributed by atoms with E-state index >= 15 is 0 Å². The molecule has 0 heterocycles. The molecule has 1 aromatic carbocycles. The highest BCUT2D eigenvalue weighted by Gasteiger charge is 2.23. The number of carbonyl (C=O) groups is 3. The molecule has 0 aromatic heterocycles. The largest absolute Gasteiger partial charge is 0.368 e. The molecule has 0 saturated carbocycles. The maximum absolute atomic E-state index is 11.9. The van der Waals surface area contributed by atoms with Gasteiger partial charge in [0.1, 0.15) is 6.04 Å². The van der Waals surface area contributed by atoms with Gasteiger partial charge in [0.05, 0.1) is 6.42 Å². The van der Waals surface area contributed by atoms with Gasteiger partial charge in [0, 0.05) is 12.0 Å². The monoisotopic (exact) mass is 319 g/mol. The maximum atomic E-state index is 11.9. The number of hydrogen-bond acceptors (Lipinski definition) is 3. The smallest absolute Gasteiger partial charge is 0.240 e. The van der Waals surface area contributed by atoms with Gasteiger partial charge in [0.15, 0.2) is 0 Å². The molecule has 3 amide bonds. The molecule has 23 heavy (non-hydrogen) atoms. The van der Waals surface area contributed by atoms with Crippen molar-refractivity contribution >= 4 is 17.7 Å². The second-order valence-electron chi connectivity index (χ2n) is 6.51. The van der Waals surface area contributed by atoms with Crippen LogP contribution in [0.4, 0.5) is 0 Å². The molecule has 0 aliphatic heterocycles. The van der Waals surface area contributed by atoms with Gasteiger partial charge in [-0.15, -0.1) is 0 Å². The second kappa shape index (κ2) is 8.31. The van der Waals surface area contributed by atoms with Gasteiger partial charge in [-0.25, -0.2) is 0 Å². The molecule has 0 saturated heterocycles.